The average molecular weight is 186 g/mol. The lowest BCUT2D eigenvalue weighted by molar-refractivity contribution is 0.298. The molecule has 0 N–H and O–H groups in total. The van der Waals surface area contributed by atoms with Crippen molar-refractivity contribution in [1.82, 2.24) is 4.90 Å². The summed E-state index contributed by atoms with van der Waals surface area (Å²) in [5, 5.41) is 0.294. The molecule has 0 bridgehead atoms. The normalized spacial score (nSPS) is 16.2. The zero-order valence-corrected chi connectivity index (χ0v) is 8.67. The lowest BCUT2D eigenvalue weighted by Gasteiger charge is -2.20. The fourth-order valence-corrected chi connectivity index (χ4v) is 0.939. The van der Waals surface area contributed by atoms with Crippen LogP contribution in [0.2, 0.25) is 0 Å². The van der Waals surface area contributed by atoms with Gasteiger partial charge in [0, 0.05) is 11.4 Å². The predicted octanol–water partition coefficient (Wildman–Crippen LogP) is 2.38. The Morgan fingerprint density at radius 3 is 1.80 bits per heavy atom. The second-order valence-corrected chi connectivity index (χ2v) is 3.57. The van der Waals surface area contributed by atoms with Crippen LogP contribution in [0.4, 0.5) is 0 Å². The van der Waals surface area contributed by atoms with E-state index < -0.39 is 0 Å². The summed E-state index contributed by atoms with van der Waals surface area (Å²) in [5.41, 5.74) is 0. The van der Waals surface area contributed by atoms with Crippen molar-refractivity contribution in [3.63, 3.8) is 0 Å². The first kappa shape index (κ1) is 13.2. The summed E-state index contributed by atoms with van der Waals surface area (Å²) in [7, 11) is 4.15. The maximum absolute atomic E-state index is 5.79. The molecule has 0 aromatic heterocycles. The number of halogens is 2. The zero-order valence-electron chi connectivity index (χ0n) is 7.10. The van der Waals surface area contributed by atoms with Gasteiger partial charge < -0.3 is 4.90 Å². The van der Waals surface area contributed by atoms with Gasteiger partial charge in [0.2, 0.25) is 0 Å². The van der Waals surface area contributed by atoms with E-state index in [0.717, 1.165) is 6.42 Å². The van der Waals surface area contributed by atoms with Gasteiger partial charge in [0.15, 0.2) is 0 Å². The van der Waals surface area contributed by atoms with Gasteiger partial charge in [-0.2, -0.15) is 0 Å². The molecule has 0 rings (SSSR count). The molecule has 0 amide bonds. The van der Waals surface area contributed by atoms with Crippen LogP contribution in [-0.2, 0) is 0 Å². The highest BCUT2D eigenvalue weighted by Crippen LogP contribution is 2.07. The van der Waals surface area contributed by atoms with Gasteiger partial charge >= 0.3 is 0 Å². The van der Waals surface area contributed by atoms with Crippen molar-refractivity contribution in [3.05, 3.63) is 0 Å². The van der Waals surface area contributed by atoms with Gasteiger partial charge in [0.05, 0.1) is 0 Å². The van der Waals surface area contributed by atoms with Gasteiger partial charge in [-0.05, 0) is 34.4 Å². The predicted molar refractivity (Wildman–Crippen MR) is 50.3 cm³/mol. The molecule has 0 heterocycles. The van der Waals surface area contributed by atoms with E-state index in [-0.39, 0.29) is 12.4 Å². The third-order valence-electron chi connectivity index (χ3n) is 1.55. The first-order valence-electron chi connectivity index (χ1n) is 3.34. The molecular formula is C7H17Cl2N. The Hall–Kier alpha value is 0.540. The first-order valence-corrected chi connectivity index (χ1v) is 3.78. The second-order valence-electron chi connectivity index (χ2n) is 2.83. The van der Waals surface area contributed by atoms with Gasteiger partial charge in [-0.25, -0.2) is 0 Å². The monoisotopic (exact) mass is 185 g/mol. The summed E-state index contributed by atoms with van der Waals surface area (Å²) in [4.78, 5) is 2.18. The molecule has 0 aliphatic carbocycles. The molecule has 3 heteroatoms. The maximum Gasteiger partial charge on any atom is 0.0322 e. The molecular weight excluding hydrogens is 169 g/mol. The van der Waals surface area contributed by atoms with Crippen molar-refractivity contribution in [3.8, 4) is 0 Å². The fraction of sp³-hybridized carbons (Fsp3) is 1.00. The van der Waals surface area contributed by atoms with Gasteiger partial charge in [-0.1, -0.05) is 0 Å². The van der Waals surface area contributed by atoms with Crippen molar-refractivity contribution in [2.75, 3.05) is 14.1 Å². The Balaban J connectivity index is 0. The maximum atomic E-state index is 5.79. The summed E-state index contributed by atoms with van der Waals surface area (Å²) in [5.74, 6) is 0. The van der Waals surface area contributed by atoms with Crippen molar-refractivity contribution < 1.29 is 0 Å². The molecule has 10 heavy (non-hydrogen) atoms. The van der Waals surface area contributed by atoms with Gasteiger partial charge in [-0.15, -0.1) is 24.0 Å². The van der Waals surface area contributed by atoms with Crippen LogP contribution in [0.15, 0.2) is 0 Å². The van der Waals surface area contributed by atoms with Crippen LogP contribution >= 0.6 is 24.0 Å². The molecule has 2 unspecified atom stereocenters. The van der Waals surface area contributed by atoms with E-state index in [1.165, 1.54) is 0 Å². The van der Waals surface area contributed by atoms with E-state index in [4.69, 9.17) is 11.6 Å². The Bertz CT molecular complexity index is 74.0. The Kier molecular flexibility index (Phi) is 8.24. The molecule has 0 aromatic rings. The number of hydrogen-bond acceptors (Lipinski definition) is 1. The van der Waals surface area contributed by atoms with Crippen LogP contribution in [0, 0.1) is 0 Å². The molecule has 0 fully saturated rings. The van der Waals surface area contributed by atoms with Gasteiger partial charge in [0.25, 0.3) is 0 Å². The van der Waals surface area contributed by atoms with Crippen molar-refractivity contribution in [1.29, 1.82) is 0 Å². The summed E-state index contributed by atoms with van der Waals surface area (Å²) < 4.78 is 0. The Morgan fingerprint density at radius 1 is 1.30 bits per heavy atom. The lowest BCUT2D eigenvalue weighted by Crippen LogP contribution is -2.26. The Labute approximate surface area is 75.1 Å². The van der Waals surface area contributed by atoms with Gasteiger partial charge in [0.1, 0.15) is 0 Å². The molecule has 64 valence electrons. The van der Waals surface area contributed by atoms with Crippen LogP contribution < -0.4 is 0 Å². The molecule has 0 radical (unpaired) electrons. The molecule has 0 aliphatic rings. The highest BCUT2D eigenvalue weighted by Gasteiger charge is 2.06. The minimum Gasteiger partial charge on any atom is -0.307 e. The summed E-state index contributed by atoms with van der Waals surface area (Å²) in [6, 6.07) is 0.595. The average Bonchev–Trinajstić information content (AvgIpc) is 1.63. The summed E-state index contributed by atoms with van der Waals surface area (Å²) >= 11 is 5.79. The van der Waals surface area contributed by atoms with E-state index in [1.807, 2.05) is 6.92 Å². The van der Waals surface area contributed by atoms with Crippen LogP contribution in [0.5, 0.6) is 0 Å². The number of hydrogen-bond donors (Lipinski definition) is 0. The molecule has 0 saturated carbocycles. The van der Waals surface area contributed by atoms with E-state index in [0.29, 0.717) is 11.4 Å². The fourth-order valence-electron chi connectivity index (χ4n) is 0.681. The van der Waals surface area contributed by atoms with E-state index in [9.17, 15) is 0 Å². The number of alkyl halides is 1. The molecule has 1 nitrogen and oxygen atoms in total. The van der Waals surface area contributed by atoms with Crippen LogP contribution in [0.3, 0.4) is 0 Å². The topological polar surface area (TPSA) is 3.24 Å². The third kappa shape index (κ3) is 6.66. The van der Waals surface area contributed by atoms with Crippen LogP contribution in [0.25, 0.3) is 0 Å². The van der Waals surface area contributed by atoms with Crippen molar-refractivity contribution >= 4 is 24.0 Å². The minimum absolute atomic E-state index is 0. The highest BCUT2D eigenvalue weighted by atomic mass is 35.5. The van der Waals surface area contributed by atoms with E-state index in [1.54, 1.807) is 0 Å². The smallest absolute Gasteiger partial charge is 0.0322 e. The van der Waals surface area contributed by atoms with E-state index in [2.05, 4.69) is 25.9 Å². The molecule has 0 aromatic carbocycles. The number of rotatable bonds is 3. The summed E-state index contributed by atoms with van der Waals surface area (Å²) in [6.45, 7) is 4.21. The molecule has 0 spiro atoms. The van der Waals surface area contributed by atoms with Crippen molar-refractivity contribution in [2.24, 2.45) is 0 Å². The van der Waals surface area contributed by atoms with E-state index >= 15 is 0 Å². The Morgan fingerprint density at radius 2 is 1.70 bits per heavy atom. The third-order valence-corrected chi connectivity index (χ3v) is 1.73. The highest BCUT2D eigenvalue weighted by molar-refractivity contribution is 6.20. The number of nitrogens with zero attached hydrogens (tertiary/aromatic N) is 1. The van der Waals surface area contributed by atoms with Crippen molar-refractivity contribution in [2.45, 2.75) is 31.7 Å². The van der Waals surface area contributed by atoms with Gasteiger partial charge in [-0.3, -0.25) is 0 Å². The largest absolute Gasteiger partial charge is 0.307 e. The van der Waals surface area contributed by atoms with Crippen LogP contribution in [0.1, 0.15) is 20.3 Å². The molecule has 2 atom stereocenters. The SMILES string of the molecule is CC(Cl)CC(C)N(C)C.Cl. The standard InChI is InChI=1S/C7H16ClN.ClH/c1-6(8)5-7(2)9(3)4;/h6-7H,5H2,1-4H3;1H. The summed E-state index contributed by atoms with van der Waals surface area (Å²) in [6.07, 6.45) is 1.06. The molecule has 0 saturated heterocycles. The second kappa shape index (κ2) is 6.26. The molecule has 0 aliphatic heterocycles. The quantitative estimate of drug-likeness (QED) is 0.611. The first-order chi connectivity index (χ1) is 4.04. The zero-order chi connectivity index (χ0) is 7.44. The lowest BCUT2D eigenvalue weighted by atomic mass is 10.2. The van der Waals surface area contributed by atoms with Crippen LogP contribution in [-0.4, -0.2) is 30.4 Å². The minimum atomic E-state index is 0.